The van der Waals surface area contributed by atoms with E-state index in [1.165, 1.54) is 25.7 Å². The van der Waals surface area contributed by atoms with Crippen molar-refractivity contribution in [3.8, 4) is 5.75 Å². The van der Waals surface area contributed by atoms with E-state index in [9.17, 15) is 0 Å². The minimum Gasteiger partial charge on any atom is -0.489 e. The van der Waals surface area contributed by atoms with Crippen molar-refractivity contribution in [2.24, 2.45) is 0 Å². The molecule has 3 N–H and O–H groups in total. The number of benzene rings is 1. The Hall–Kier alpha value is -1.03. The molecule has 0 aromatic heterocycles. The van der Waals surface area contributed by atoms with E-state index in [-0.39, 0.29) is 6.10 Å². The van der Waals surface area contributed by atoms with Gasteiger partial charge in [0.2, 0.25) is 0 Å². The van der Waals surface area contributed by atoms with E-state index in [0.717, 1.165) is 16.7 Å². The van der Waals surface area contributed by atoms with E-state index < -0.39 is 0 Å². The van der Waals surface area contributed by atoms with Gasteiger partial charge in [0.05, 0.1) is 11.8 Å². The molecule has 112 valence electrons. The third-order valence-corrected chi connectivity index (χ3v) is 4.89. The number of rotatable bonds is 5. The van der Waals surface area contributed by atoms with Crippen molar-refractivity contribution in [1.82, 2.24) is 0 Å². The van der Waals surface area contributed by atoms with Crippen LogP contribution in [0.15, 0.2) is 18.2 Å². The average molecular weight is 294 g/mol. The molecular formula is C16H26N2OS. The zero-order valence-electron chi connectivity index (χ0n) is 12.7. The molecule has 0 atom stereocenters. The highest BCUT2D eigenvalue weighted by atomic mass is 32.2. The molecule has 1 aromatic carbocycles. The minimum atomic E-state index is 0.143. The minimum absolute atomic E-state index is 0.143. The number of thioether (sulfide) groups is 1. The summed E-state index contributed by atoms with van der Waals surface area (Å²) in [5.74, 6) is 0.780. The van der Waals surface area contributed by atoms with Gasteiger partial charge >= 0.3 is 0 Å². The Morgan fingerprint density at radius 3 is 2.55 bits per heavy atom. The summed E-state index contributed by atoms with van der Waals surface area (Å²) in [5.41, 5.74) is 7.77. The summed E-state index contributed by atoms with van der Waals surface area (Å²) >= 11 is 2.00. The SMILES string of the molecule is CSC1CCC(Nc2ccc(N)c(OC(C)C)c2)CC1. The highest BCUT2D eigenvalue weighted by Crippen LogP contribution is 2.31. The molecule has 1 fully saturated rings. The van der Waals surface area contributed by atoms with Crippen LogP contribution in [0.4, 0.5) is 11.4 Å². The first-order valence-corrected chi connectivity index (χ1v) is 8.72. The molecule has 0 radical (unpaired) electrons. The van der Waals surface area contributed by atoms with Crippen LogP contribution < -0.4 is 15.8 Å². The molecule has 0 saturated heterocycles. The second kappa shape index (κ2) is 7.11. The maximum Gasteiger partial charge on any atom is 0.144 e. The van der Waals surface area contributed by atoms with Crippen LogP contribution in [-0.2, 0) is 0 Å². The van der Waals surface area contributed by atoms with Crippen molar-refractivity contribution in [2.45, 2.75) is 56.9 Å². The predicted octanol–water partition coefficient (Wildman–Crippen LogP) is 4.14. The van der Waals surface area contributed by atoms with Crippen LogP contribution >= 0.6 is 11.8 Å². The Labute approximate surface area is 126 Å². The van der Waals surface area contributed by atoms with Crippen LogP contribution in [0.1, 0.15) is 39.5 Å². The van der Waals surface area contributed by atoms with Crippen LogP contribution in [0, 0.1) is 0 Å². The summed E-state index contributed by atoms with van der Waals surface area (Å²) in [6.07, 6.45) is 7.47. The van der Waals surface area contributed by atoms with Crippen molar-refractivity contribution in [2.75, 3.05) is 17.3 Å². The van der Waals surface area contributed by atoms with Crippen molar-refractivity contribution in [3.05, 3.63) is 18.2 Å². The van der Waals surface area contributed by atoms with Gasteiger partial charge in [-0.1, -0.05) is 0 Å². The third kappa shape index (κ3) is 4.23. The van der Waals surface area contributed by atoms with Gasteiger partial charge in [-0.05, 0) is 57.9 Å². The molecular weight excluding hydrogens is 268 g/mol. The summed E-state index contributed by atoms with van der Waals surface area (Å²) in [4.78, 5) is 0. The van der Waals surface area contributed by atoms with Gasteiger partial charge < -0.3 is 15.8 Å². The highest BCUT2D eigenvalue weighted by molar-refractivity contribution is 7.99. The summed E-state index contributed by atoms with van der Waals surface area (Å²) in [6, 6.07) is 6.57. The fourth-order valence-corrected chi connectivity index (χ4v) is 3.40. The molecule has 1 aliphatic carbocycles. The van der Waals surface area contributed by atoms with Crippen molar-refractivity contribution in [3.63, 3.8) is 0 Å². The molecule has 3 nitrogen and oxygen atoms in total. The predicted molar refractivity (Wildman–Crippen MR) is 89.8 cm³/mol. The Morgan fingerprint density at radius 2 is 1.95 bits per heavy atom. The molecule has 0 bridgehead atoms. The second-order valence-electron chi connectivity index (χ2n) is 5.77. The number of nitrogens with two attached hydrogens (primary N) is 1. The zero-order chi connectivity index (χ0) is 14.5. The first-order valence-electron chi connectivity index (χ1n) is 7.44. The maximum atomic E-state index is 5.95. The van der Waals surface area contributed by atoms with Gasteiger partial charge in [0.1, 0.15) is 5.75 Å². The summed E-state index contributed by atoms with van der Waals surface area (Å²) < 4.78 is 5.74. The van der Waals surface area contributed by atoms with Crippen LogP contribution in [-0.4, -0.2) is 23.7 Å². The van der Waals surface area contributed by atoms with Crippen molar-refractivity contribution >= 4 is 23.1 Å². The van der Waals surface area contributed by atoms with Crippen LogP contribution in [0.25, 0.3) is 0 Å². The lowest BCUT2D eigenvalue weighted by Gasteiger charge is -2.29. The molecule has 0 heterocycles. The van der Waals surface area contributed by atoms with E-state index in [1.54, 1.807) is 0 Å². The van der Waals surface area contributed by atoms with Crippen LogP contribution in [0.2, 0.25) is 0 Å². The van der Waals surface area contributed by atoms with E-state index in [4.69, 9.17) is 10.5 Å². The number of anilines is 2. The van der Waals surface area contributed by atoms with E-state index in [0.29, 0.717) is 11.7 Å². The van der Waals surface area contributed by atoms with Gasteiger partial charge in [-0.25, -0.2) is 0 Å². The Kier molecular flexibility index (Phi) is 5.46. The molecule has 0 amide bonds. The van der Waals surface area contributed by atoms with E-state index in [1.807, 2.05) is 43.8 Å². The maximum absolute atomic E-state index is 5.95. The fraction of sp³-hybridized carbons (Fsp3) is 0.625. The molecule has 0 spiro atoms. The first kappa shape index (κ1) is 15.4. The summed E-state index contributed by atoms with van der Waals surface area (Å²) in [7, 11) is 0. The Bertz CT molecular complexity index is 428. The number of nitrogen functional groups attached to an aromatic ring is 1. The molecule has 4 heteroatoms. The number of hydrogen-bond donors (Lipinski definition) is 2. The average Bonchev–Trinajstić information content (AvgIpc) is 2.43. The molecule has 20 heavy (non-hydrogen) atoms. The lowest BCUT2D eigenvalue weighted by molar-refractivity contribution is 0.244. The third-order valence-electron chi connectivity index (χ3n) is 3.75. The number of nitrogens with one attached hydrogen (secondary N) is 1. The Balaban J connectivity index is 1.96. The van der Waals surface area contributed by atoms with Gasteiger partial charge in [0.15, 0.2) is 0 Å². The van der Waals surface area contributed by atoms with Gasteiger partial charge in [0.25, 0.3) is 0 Å². The normalized spacial score (nSPS) is 22.8. The van der Waals surface area contributed by atoms with Gasteiger partial charge in [-0.15, -0.1) is 0 Å². The quantitative estimate of drug-likeness (QED) is 0.801. The van der Waals surface area contributed by atoms with E-state index in [2.05, 4.69) is 11.6 Å². The number of hydrogen-bond acceptors (Lipinski definition) is 4. The smallest absolute Gasteiger partial charge is 0.144 e. The molecule has 1 aliphatic rings. The number of ether oxygens (including phenoxy) is 1. The molecule has 2 rings (SSSR count). The second-order valence-corrected chi connectivity index (χ2v) is 6.91. The lowest BCUT2D eigenvalue weighted by atomic mass is 9.95. The first-order chi connectivity index (χ1) is 9.58. The van der Waals surface area contributed by atoms with E-state index >= 15 is 0 Å². The standard InChI is InChI=1S/C16H26N2OS/c1-11(2)19-16-10-13(6-9-15(16)17)18-12-4-7-14(20-3)8-5-12/h6,9-12,14,18H,4-5,7-8,17H2,1-3H3. The van der Waals surface area contributed by atoms with Crippen LogP contribution in [0.3, 0.4) is 0 Å². The fourth-order valence-electron chi connectivity index (χ4n) is 2.66. The molecule has 0 unspecified atom stereocenters. The summed E-state index contributed by atoms with van der Waals surface area (Å²) in [5, 5.41) is 4.47. The largest absolute Gasteiger partial charge is 0.489 e. The monoisotopic (exact) mass is 294 g/mol. The Morgan fingerprint density at radius 1 is 1.25 bits per heavy atom. The van der Waals surface area contributed by atoms with Crippen molar-refractivity contribution < 1.29 is 4.74 Å². The van der Waals surface area contributed by atoms with Gasteiger partial charge in [-0.3, -0.25) is 0 Å². The molecule has 1 aromatic rings. The molecule has 0 aliphatic heterocycles. The van der Waals surface area contributed by atoms with Crippen LogP contribution in [0.5, 0.6) is 5.75 Å². The lowest BCUT2D eigenvalue weighted by Crippen LogP contribution is -2.27. The van der Waals surface area contributed by atoms with Gasteiger partial charge in [0, 0.05) is 23.0 Å². The topological polar surface area (TPSA) is 47.3 Å². The summed E-state index contributed by atoms with van der Waals surface area (Å²) in [6.45, 7) is 4.03. The van der Waals surface area contributed by atoms with Crippen molar-refractivity contribution in [1.29, 1.82) is 0 Å². The van der Waals surface area contributed by atoms with Gasteiger partial charge in [-0.2, -0.15) is 11.8 Å². The molecule has 1 saturated carbocycles. The zero-order valence-corrected chi connectivity index (χ0v) is 13.5. The highest BCUT2D eigenvalue weighted by Gasteiger charge is 2.20.